The Bertz CT molecular complexity index is 444. The molecule has 0 atom stereocenters. The van der Waals surface area contributed by atoms with Gasteiger partial charge in [0.15, 0.2) is 10.4 Å². The molecule has 0 aliphatic rings. The Morgan fingerprint density at radius 2 is 2.45 bits per heavy atom. The Kier molecular flexibility index (Phi) is 1.54. The average Bonchev–Trinajstić information content (AvgIpc) is 2.30. The third-order valence-corrected chi connectivity index (χ3v) is 2.66. The Morgan fingerprint density at radius 1 is 1.64 bits per heavy atom. The summed E-state index contributed by atoms with van der Waals surface area (Å²) in [6.07, 6.45) is 1.72. The van der Waals surface area contributed by atoms with E-state index >= 15 is 0 Å². The van der Waals surface area contributed by atoms with E-state index in [2.05, 4.69) is 26.1 Å². The number of hydrogen-bond acceptors (Lipinski definition) is 2. The standard InChI is InChI=1S/C6H4BrN3S/c7-10-4-2-1-3-8-5(4)9-6(10)11/h1-3H,(H,8,9,11). The maximum Gasteiger partial charge on any atom is 0.189 e. The Morgan fingerprint density at radius 3 is 3.18 bits per heavy atom. The lowest BCUT2D eigenvalue weighted by atomic mass is 10.4. The summed E-state index contributed by atoms with van der Waals surface area (Å²) in [5.41, 5.74) is 1.76. The fourth-order valence-corrected chi connectivity index (χ4v) is 1.48. The summed E-state index contributed by atoms with van der Waals surface area (Å²) in [5.74, 6) is 0. The zero-order valence-electron chi connectivity index (χ0n) is 5.41. The zero-order chi connectivity index (χ0) is 7.84. The van der Waals surface area contributed by atoms with Crippen LogP contribution in [0.25, 0.3) is 11.2 Å². The number of nitrogens with zero attached hydrogens (tertiary/aromatic N) is 2. The first kappa shape index (κ1) is 7.00. The van der Waals surface area contributed by atoms with Crippen LogP contribution in [0.5, 0.6) is 0 Å². The van der Waals surface area contributed by atoms with Crippen LogP contribution in [0.1, 0.15) is 0 Å². The molecule has 56 valence electrons. The lowest BCUT2D eigenvalue weighted by molar-refractivity contribution is 1.24. The van der Waals surface area contributed by atoms with E-state index in [9.17, 15) is 0 Å². The van der Waals surface area contributed by atoms with E-state index in [-0.39, 0.29) is 0 Å². The maximum absolute atomic E-state index is 4.97. The second-order valence-corrected chi connectivity index (χ2v) is 3.18. The van der Waals surface area contributed by atoms with E-state index in [1.165, 1.54) is 0 Å². The van der Waals surface area contributed by atoms with Gasteiger partial charge in [-0.05, 0) is 24.4 Å². The smallest absolute Gasteiger partial charge is 0.189 e. The van der Waals surface area contributed by atoms with Gasteiger partial charge in [0.2, 0.25) is 0 Å². The number of fused-ring (bicyclic) bond motifs is 1. The quantitative estimate of drug-likeness (QED) is 0.704. The van der Waals surface area contributed by atoms with Crippen molar-refractivity contribution in [1.82, 2.24) is 13.6 Å². The van der Waals surface area contributed by atoms with Crippen molar-refractivity contribution in [1.29, 1.82) is 0 Å². The molecule has 2 rings (SSSR count). The predicted octanol–water partition coefficient (Wildman–Crippen LogP) is 2.25. The summed E-state index contributed by atoms with van der Waals surface area (Å²) in [7, 11) is 0. The van der Waals surface area contributed by atoms with Crippen LogP contribution in [0.3, 0.4) is 0 Å². The van der Waals surface area contributed by atoms with E-state index in [1.807, 2.05) is 12.1 Å². The molecule has 5 heteroatoms. The van der Waals surface area contributed by atoms with E-state index in [4.69, 9.17) is 12.2 Å². The van der Waals surface area contributed by atoms with Gasteiger partial charge in [-0.3, -0.25) is 0 Å². The van der Waals surface area contributed by atoms with Gasteiger partial charge in [-0.25, -0.2) is 8.58 Å². The molecule has 0 saturated carbocycles. The highest BCUT2D eigenvalue weighted by Crippen LogP contribution is 2.12. The SMILES string of the molecule is S=c1[nH]c2ncccc2n1Br. The van der Waals surface area contributed by atoms with Crippen molar-refractivity contribution in [2.75, 3.05) is 0 Å². The first-order valence-corrected chi connectivity index (χ1v) is 4.13. The molecule has 0 fully saturated rings. The van der Waals surface area contributed by atoms with Crippen LogP contribution in [-0.2, 0) is 0 Å². The lowest BCUT2D eigenvalue weighted by Crippen LogP contribution is -1.76. The fraction of sp³-hybridized carbons (Fsp3) is 0. The third-order valence-electron chi connectivity index (χ3n) is 1.40. The largest absolute Gasteiger partial charge is 0.315 e. The van der Waals surface area contributed by atoms with Crippen molar-refractivity contribution >= 4 is 39.5 Å². The minimum absolute atomic E-state index is 0.624. The van der Waals surface area contributed by atoms with Crippen LogP contribution in [0.15, 0.2) is 18.3 Å². The number of nitrogens with one attached hydrogen (secondary N) is 1. The van der Waals surface area contributed by atoms with E-state index < -0.39 is 0 Å². The minimum atomic E-state index is 0.624. The highest BCUT2D eigenvalue weighted by Gasteiger charge is 1.99. The second-order valence-electron chi connectivity index (χ2n) is 2.08. The van der Waals surface area contributed by atoms with Gasteiger partial charge in [0.05, 0.1) is 21.7 Å². The molecule has 1 N–H and O–H groups in total. The first-order valence-electron chi connectivity index (χ1n) is 3.01. The molecule has 3 nitrogen and oxygen atoms in total. The first-order chi connectivity index (χ1) is 5.29. The van der Waals surface area contributed by atoms with Crippen LogP contribution in [-0.4, -0.2) is 13.6 Å². The van der Waals surface area contributed by atoms with Gasteiger partial charge in [-0.2, -0.15) is 0 Å². The molecule has 2 aromatic heterocycles. The zero-order valence-corrected chi connectivity index (χ0v) is 7.82. The molecule has 0 bridgehead atoms. The number of pyridine rings is 1. The van der Waals surface area contributed by atoms with Crippen molar-refractivity contribution < 1.29 is 0 Å². The highest BCUT2D eigenvalue weighted by molar-refractivity contribution is 9.08. The Labute approximate surface area is 76.4 Å². The van der Waals surface area contributed by atoms with Crippen LogP contribution in [0.4, 0.5) is 0 Å². The molecule has 0 aliphatic carbocycles. The number of imidazole rings is 1. The molecule has 0 unspecified atom stereocenters. The van der Waals surface area contributed by atoms with Crippen molar-refractivity contribution in [2.45, 2.75) is 0 Å². The van der Waals surface area contributed by atoms with Gasteiger partial charge in [0, 0.05) is 6.20 Å². The van der Waals surface area contributed by atoms with Gasteiger partial charge < -0.3 is 4.98 Å². The topological polar surface area (TPSA) is 33.6 Å². The normalized spacial score (nSPS) is 10.6. The fourth-order valence-electron chi connectivity index (χ4n) is 0.911. The molecule has 2 heterocycles. The molecule has 0 spiro atoms. The molecule has 2 aromatic rings. The number of aromatic amines is 1. The average molecular weight is 230 g/mol. The molecular weight excluding hydrogens is 226 g/mol. The Hall–Kier alpha value is -0.680. The predicted molar refractivity (Wildman–Crippen MR) is 49.2 cm³/mol. The van der Waals surface area contributed by atoms with Crippen LogP contribution in [0.2, 0.25) is 0 Å². The molecule has 0 amide bonds. The summed E-state index contributed by atoms with van der Waals surface area (Å²) in [6.45, 7) is 0. The van der Waals surface area contributed by atoms with Gasteiger partial charge >= 0.3 is 0 Å². The summed E-state index contributed by atoms with van der Waals surface area (Å²) in [6, 6.07) is 3.80. The number of aromatic nitrogens is 3. The van der Waals surface area contributed by atoms with Gasteiger partial charge in [0.25, 0.3) is 0 Å². The van der Waals surface area contributed by atoms with Crippen molar-refractivity contribution in [3.63, 3.8) is 0 Å². The summed E-state index contributed by atoms with van der Waals surface area (Å²) in [4.78, 5) is 7.04. The maximum atomic E-state index is 4.97. The van der Waals surface area contributed by atoms with Gasteiger partial charge in [-0.1, -0.05) is 0 Å². The molecule has 11 heavy (non-hydrogen) atoms. The highest BCUT2D eigenvalue weighted by atomic mass is 79.9. The number of halogens is 1. The molecule has 0 aliphatic heterocycles. The lowest BCUT2D eigenvalue weighted by Gasteiger charge is -1.87. The summed E-state index contributed by atoms with van der Waals surface area (Å²) < 4.78 is 2.34. The van der Waals surface area contributed by atoms with Crippen molar-refractivity contribution in [3.05, 3.63) is 23.1 Å². The van der Waals surface area contributed by atoms with Crippen LogP contribution in [0, 0.1) is 4.77 Å². The second kappa shape index (κ2) is 2.42. The monoisotopic (exact) mass is 229 g/mol. The molecular formula is C6H4BrN3S. The third kappa shape index (κ3) is 1.00. The number of H-pyrrole nitrogens is 1. The van der Waals surface area contributed by atoms with Gasteiger partial charge in [-0.15, -0.1) is 0 Å². The summed E-state index contributed by atoms with van der Waals surface area (Å²) in [5, 5.41) is 0. The number of hydrogen-bond donors (Lipinski definition) is 1. The molecule has 0 radical (unpaired) electrons. The number of rotatable bonds is 0. The van der Waals surface area contributed by atoms with E-state index in [0.29, 0.717) is 4.77 Å². The Balaban J connectivity index is 3.04. The van der Waals surface area contributed by atoms with Gasteiger partial charge in [0.1, 0.15) is 0 Å². The van der Waals surface area contributed by atoms with Crippen LogP contribution >= 0.6 is 28.4 Å². The molecule has 0 aromatic carbocycles. The van der Waals surface area contributed by atoms with Crippen molar-refractivity contribution in [3.8, 4) is 0 Å². The van der Waals surface area contributed by atoms with E-state index in [1.54, 1.807) is 9.79 Å². The van der Waals surface area contributed by atoms with Crippen molar-refractivity contribution in [2.24, 2.45) is 0 Å². The minimum Gasteiger partial charge on any atom is -0.315 e. The van der Waals surface area contributed by atoms with Crippen LogP contribution < -0.4 is 0 Å². The van der Waals surface area contributed by atoms with E-state index in [0.717, 1.165) is 11.2 Å². The summed E-state index contributed by atoms with van der Waals surface area (Å²) >= 11 is 8.27. The molecule has 0 saturated heterocycles.